The Labute approximate surface area is 166 Å². The summed E-state index contributed by atoms with van der Waals surface area (Å²) >= 11 is 0. The molecule has 0 aromatic carbocycles. The van der Waals surface area contributed by atoms with Gasteiger partial charge in [0, 0.05) is 25.0 Å². The van der Waals surface area contributed by atoms with Crippen molar-refractivity contribution in [1.29, 1.82) is 0 Å². The number of anilines is 2. The minimum atomic E-state index is -0.792. The van der Waals surface area contributed by atoms with Crippen molar-refractivity contribution in [3.63, 3.8) is 0 Å². The Hall–Kier alpha value is -3.49. The molecule has 3 aromatic rings. The molecule has 3 aromatic heterocycles. The molecule has 9 heteroatoms. The second-order valence-corrected chi connectivity index (χ2v) is 7.09. The van der Waals surface area contributed by atoms with Gasteiger partial charge < -0.3 is 14.5 Å². The van der Waals surface area contributed by atoms with Gasteiger partial charge in [0.05, 0.1) is 49.0 Å². The van der Waals surface area contributed by atoms with Gasteiger partial charge in [-0.05, 0) is 24.6 Å². The first-order valence-corrected chi connectivity index (χ1v) is 9.38. The molecule has 0 unspecified atom stereocenters. The first kappa shape index (κ1) is 17.6. The maximum absolute atomic E-state index is 13.4. The van der Waals surface area contributed by atoms with Crippen LogP contribution in [0.15, 0.2) is 42.9 Å². The molecule has 148 valence electrons. The van der Waals surface area contributed by atoms with Gasteiger partial charge in [-0.3, -0.25) is 4.79 Å². The maximum atomic E-state index is 13.4. The monoisotopic (exact) mass is 394 g/mol. The number of carbonyl (C=O) groups excluding carboxylic acids is 1. The van der Waals surface area contributed by atoms with Gasteiger partial charge in [0.15, 0.2) is 0 Å². The highest BCUT2D eigenvalue weighted by atomic mass is 19.1. The highest BCUT2D eigenvalue weighted by molar-refractivity contribution is 6.09. The summed E-state index contributed by atoms with van der Waals surface area (Å²) in [5.74, 6) is 1.09. The van der Waals surface area contributed by atoms with E-state index in [1.807, 2.05) is 17.0 Å². The fraction of sp³-hybridized carbons (Fsp3) is 0.300. The minimum Gasteiger partial charge on any atom is -0.481 e. The molecule has 2 aliphatic rings. The van der Waals surface area contributed by atoms with Gasteiger partial charge in [0.1, 0.15) is 12.0 Å². The van der Waals surface area contributed by atoms with Crippen LogP contribution in [-0.4, -0.2) is 52.0 Å². The first-order valence-electron chi connectivity index (χ1n) is 9.38. The number of hydrogen-bond acceptors (Lipinski definition) is 6. The number of pyridine rings is 2. The molecule has 8 nitrogen and oxygen atoms in total. The van der Waals surface area contributed by atoms with E-state index in [-0.39, 0.29) is 5.91 Å². The standard InChI is InChI=1S/C20H19FN6O2/c1-29-19-8-14(4-6-22-19)26-12-17-16(20(26)28)11-27(24-17)15-2-3-18(23-9-15)25-7-5-13(21)10-25/h2-4,6,8-9,11,13H,5,7,10,12H2,1H3/t13-/m0/s1. The summed E-state index contributed by atoms with van der Waals surface area (Å²) in [6.45, 7) is 1.44. The number of carbonyl (C=O) groups is 1. The molecule has 1 saturated heterocycles. The maximum Gasteiger partial charge on any atom is 0.262 e. The van der Waals surface area contributed by atoms with Crippen molar-refractivity contribution in [2.24, 2.45) is 0 Å². The molecule has 5 heterocycles. The minimum absolute atomic E-state index is 0.116. The van der Waals surface area contributed by atoms with E-state index in [0.29, 0.717) is 48.9 Å². The van der Waals surface area contributed by atoms with E-state index in [9.17, 15) is 9.18 Å². The van der Waals surface area contributed by atoms with Crippen molar-refractivity contribution < 1.29 is 13.9 Å². The van der Waals surface area contributed by atoms with Crippen LogP contribution in [-0.2, 0) is 6.54 Å². The van der Waals surface area contributed by atoms with Crippen molar-refractivity contribution in [1.82, 2.24) is 19.7 Å². The zero-order valence-corrected chi connectivity index (χ0v) is 15.8. The predicted molar refractivity (Wildman–Crippen MR) is 104 cm³/mol. The summed E-state index contributed by atoms with van der Waals surface area (Å²) in [7, 11) is 1.54. The van der Waals surface area contributed by atoms with Gasteiger partial charge in [-0.1, -0.05) is 0 Å². The Bertz CT molecular complexity index is 1070. The van der Waals surface area contributed by atoms with Gasteiger partial charge in [0.2, 0.25) is 5.88 Å². The largest absolute Gasteiger partial charge is 0.481 e. The fourth-order valence-corrected chi connectivity index (χ4v) is 3.72. The number of amides is 1. The number of rotatable bonds is 4. The van der Waals surface area contributed by atoms with Gasteiger partial charge in [0.25, 0.3) is 5.91 Å². The second kappa shape index (κ2) is 6.84. The van der Waals surface area contributed by atoms with Crippen molar-refractivity contribution in [3.8, 4) is 11.6 Å². The highest BCUT2D eigenvalue weighted by Gasteiger charge is 2.32. The molecule has 1 fully saturated rings. The SMILES string of the molecule is COc1cc(N2Cc3nn(-c4ccc(N5CC[C@H](F)C5)nc4)cc3C2=O)ccn1. The van der Waals surface area contributed by atoms with Gasteiger partial charge in [-0.2, -0.15) is 5.10 Å². The Morgan fingerprint density at radius 2 is 2.10 bits per heavy atom. The molecule has 0 bridgehead atoms. The number of ether oxygens (including phenoxy) is 1. The van der Waals surface area contributed by atoms with Crippen LogP contribution in [0.5, 0.6) is 5.88 Å². The average molecular weight is 394 g/mol. The molecule has 0 spiro atoms. The molecule has 29 heavy (non-hydrogen) atoms. The lowest BCUT2D eigenvalue weighted by Crippen LogP contribution is -2.24. The number of methoxy groups -OCH3 is 1. The van der Waals surface area contributed by atoms with Crippen LogP contribution in [0.1, 0.15) is 22.5 Å². The lowest BCUT2D eigenvalue weighted by molar-refractivity contribution is 0.0996. The summed E-state index contributed by atoms with van der Waals surface area (Å²) in [6, 6.07) is 7.23. The fourth-order valence-electron chi connectivity index (χ4n) is 3.72. The van der Waals surface area contributed by atoms with Crippen molar-refractivity contribution in [3.05, 3.63) is 54.1 Å². The molecule has 0 N–H and O–H groups in total. The van der Waals surface area contributed by atoms with Crippen LogP contribution >= 0.6 is 0 Å². The molecule has 1 atom stereocenters. The third kappa shape index (κ3) is 3.08. The van der Waals surface area contributed by atoms with E-state index in [1.54, 1.807) is 40.3 Å². The van der Waals surface area contributed by atoms with Gasteiger partial charge in [-0.25, -0.2) is 19.0 Å². The van der Waals surface area contributed by atoms with E-state index in [0.717, 1.165) is 11.5 Å². The predicted octanol–water partition coefficient (Wildman–Crippen LogP) is 2.38. The molecule has 0 radical (unpaired) electrons. The first-order chi connectivity index (χ1) is 14.1. The summed E-state index contributed by atoms with van der Waals surface area (Å²) in [6.07, 6.45) is 4.77. The molecule has 0 aliphatic carbocycles. The number of hydrogen-bond donors (Lipinski definition) is 0. The Morgan fingerprint density at radius 1 is 1.21 bits per heavy atom. The third-order valence-electron chi connectivity index (χ3n) is 5.26. The van der Waals surface area contributed by atoms with E-state index < -0.39 is 6.17 Å². The summed E-state index contributed by atoms with van der Waals surface area (Å²) in [5.41, 5.74) is 2.73. The highest BCUT2D eigenvalue weighted by Crippen LogP contribution is 2.29. The van der Waals surface area contributed by atoms with E-state index in [4.69, 9.17) is 4.74 Å². The number of fused-ring (bicyclic) bond motifs is 1. The Kier molecular flexibility index (Phi) is 4.15. The molecule has 5 rings (SSSR count). The van der Waals surface area contributed by atoms with Crippen molar-refractivity contribution in [2.75, 3.05) is 30.0 Å². The number of aromatic nitrogens is 4. The quantitative estimate of drug-likeness (QED) is 0.676. The molecule has 0 saturated carbocycles. The van der Waals surface area contributed by atoms with E-state index in [2.05, 4.69) is 15.1 Å². The van der Waals surface area contributed by atoms with E-state index >= 15 is 0 Å². The lowest BCUT2D eigenvalue weighted by Gasteiger charge is -2.17. The van der Waals surface area contributed by atoms with Gasteiger partial charge >= 0.3 is 0 Å². The smallest absolute Gasteiger partial charge is 0.262 e. The third-order valence-corrected chi connectivity index (χ3v) is 5.26. The van der Waals surface area contributed by atoms with Crippen LogP contribution in [0.4, 0.5) is 15.9 Å². The van der Waals surface area contributed by atoms with E-state index in [1.165, 1.54) is 7.11 Å². The zero-order valence-electron chi connectivity index (χ0n) is 15.8. The number of nitrogens with zero attached hydrogens (tertiary/aromatic N) is 6. The molecular formula is C20H19FN6O2. The van der Waals surface area contributed by atoms with Crippen LogP contribution in [0.2, 0.25) is 0 Å². The van der Waals surface area contributed by atoms with Crippen molar-refractivity contribution >= 4 is 17.4 Å². The number of halogens is 1. The van der Waals surface area contributed by atoms with Crippen LogP contribution < -0.4 is 14.5 Å². The topological polar surface area (TPSA) is 76.4 Å². The summed E-state index contributed by atoms with van der Waals surface area (Å²) < 4.78 is 20.2. The molecule has 2 aliphatic heterocycles. The zero-order chi connectivity index (χ0) is 20.0. The molecular weight excluding hydrogens is 375 g/mol. The number of alkyl halides is 1. The average Bonchev–Trinajstić information content (AvgIpc) is 3.44. The molecule has 1 amide bonds. The Morgan fingerprint density at radius 3 is 2.79 bits per heavy atom. The lowest BCUT2D eigenvalue weighted by atomic mass is 10.3. The normalized spacial score (nSPS) is 18.4. The van der Waals surface area contributed by atoms with Crippen molar-refractivity contribution in [2.45, 2.75) is 19.1 Å². The van der Waals surface area contributed by atoms with Crippen LogP contribution in [0.25, 0.3) is 5.69 Å². The van der Waals surface area contributed by atoms with Crippen LogP contribution in [0.3, 0.4) is 0 Å². The summed E-state index contributed by atoms with van der Waals surface area (Å²) in [4.78, 5) is 24.9. The second-order valence-electron chi connectivity index (χ2n) is 7.09. The van der Waals surface area contributed by atoms with Gasteiger partial charge in [-0.15, -0.1) is 0 Å². The Balaban J connectivity index is 1.36. The summed E-state index contributed by atoms with van der Waals surface area (Å²) in [5, 5.41) is 4.56. The van der Waals surface area contributed by atoms with Crippen LogP contribution in [0, 0.1) is 0 Å².